The number of nitrogens with zero attached hydrogens (tertiary/aromatic N) is 1. The van der Waals surface area contributed by atoms with Gasteiger partial charge in [-0.05, 0) is 36.3 Å². The fourth-order valence-electron chi connectivity index (χ4n) is 4.02. The number of amides is 2. The maximum Gasteiger partial charge on any atom is 0.407 e. The van der Waals surface area contributed by atoms with Crippen LogP contribution in [0.1, 0.15) is 23.5 Å². The Bertz CT molecular complexity index is 1000. The molecule has 1 aliphatic carbocycles. The number of hydrogen-bond donors (Lipinski definition) is 3. The molecular weight excluding hydrogens is 448 g/mol. The van der Waals surface area contributed by atoms with Crippen molar-refractivity contribution in [3.05, 3.63) is 59.7 Å². The molecule has 182 valence electrons. The molecule has 8 nitrogen and oxygen atoms in total. The van der Waals surface area contributed by atoms with Crippen molar-refractivity contribution >= 4 is 18.0 Å². The van der Waals surface area contributed by atoms with Crippen LogP contribution >= 0.6 is 0 Å². The minimum atomic E-state index is -3.07. The van der Waals surface area contributed by atoms with Crippen molar-refractivity contribution in [3.63, 3.8) is 0 Å². The maximum absolute atomic E-state index is 13.1. The number of carboxylic acids is 1. The second-order valence-corrected chi connectivity index (χ2v) is 8.33. The van der Waals surface area contributed by atoms with Crippen LogP contribution in [0.25, 0.3) is 11.1 Å². The average Bonchev–Trinajstić information content (AvgIpc) is 3.10. The molecule has 2 unspecified atom stereocenters. The van der Waals surface area contributed by atoms with Crippen molar-refractivity contribution in [2.75, 3.05) is 27.2 Å². The largest absolute Gasteiger partial charge is 0.481 e. The van der Waals surface area contributed by atoms with Crippen LogP contribution in [0, 0.1) is 0 Å². The Balaban J connectivity index is 1.66. The zero-order chi connectivity index (χ0) is 24.8. The molecule has 0 aliphatic heterocycles. The third-order valence-corrected chi connectivity index (χ3v) is 5.53. The van der Waals surface area contributed by atoms with E-state index in [0.29, 0.717) is 0 Å². The van der Waals surface area contributed by atoms with E-state index in [9.17, 15) is 23.2 Å². The Hall–Kier alpha value is -3.53. The number of alkyl halides is 2. The van der Waals surface area contributed by atoms with Crippen molar-refractivity contribution in [3.8, 4) is 11.1 Å². The van der Waals surface area contributed by atoms with Gasteiger partial charge in [-0.3, -0.25) is 9.59 Å². The van der Waals surface area contributed by atoms with Gasteiger partial charge in [-0.25, -0.2) is 13.6 Å². The monoisotopic (exact) mass is 475 g/mol. The third kappa shape index (κ3) is 6.07. The van der Waals surface area contributed by atoms with E-state index in [1.807, 2.05) is 53.8 Å². The molecular formula is C24H27F2N3O5. The Labute approximate surface area is 195 Å². The molecule has 34 heavy (non-hydrogen) atoms. The van der Waals surface area contributed by atoms with Crippen molar-refractivity contribution < 1.29 is 33.0 Å². The number of carbonyl (C=O) groups excluding carboxylic acids is 2. The molecule has 3 rings (SSSR count). The number of carbonyl (C=O) groups is 3. The van der Waals surface area contributed by atoms with Crippen LogP contribution in [-0.4, -0.2) is 73.7 Å². The molecule has 0 heterocycles. The number of alkyl carbamates (subject to hydrolysis) is 1. The predicted molar refractivity (Wildman–Crippen MR) is 121 cm³/mol. The van der Waals surface area contributed by atoms with E-state index in [-0.39, 0.29) is 19.1 Å². The van der Waals surface area contributed by atoms with Crippen LogP contribution in [0.4, 0.5) is 13.6 Å². The van der Waals surface area contributed by atoms with Gasteiger partial charge in [0.1, 0.15) is 18.7 Å². The number of halogens is 2. The second kappa shape index (κ2) is 11.1. The summed E-state index contributed by atoms with van der Waals surface area (Å²) in [6.45, 7) is 0.0217. The van der Waals surface area contributed by atoms with Crippen LogP contribution in [-0.2, 0) is 14.3 Å². The van der Waals surface area contributed by atoms with Gasteiger partial charge in [0.05, 0.1) is 6.42 Å². The van der Waals surface area contributed by atoms with Gasteiger partial charge in [0, 0.05) is 12.5 Å². The molecule has 0 fully saturated rings. The van der Waals surface area contributed by atoms with Crippen molar-refractivity contribution in [2.45, 2.75) is 30.8 Å². The number of carboxylic acid groups (broad SMARTS) is 1. The Morgan fingerprint density at radius 1 is 1.00 bits per heavy atom. The van der Waals surface area contributed by atoms with E-state index < -0.39 is 42.9 Å². The summed E-state index contributed by atoms with van der Waals surface area (Å²) in [5, 5.41) is 13.2. The number of aliphatic carboxylic acids is 1. The Morgan fingerprint density at radius 3 is 2.06 bits per heavy atom. The summed E-state index contributed by atoms with van der Waals surface area (Å²) in [5.74, 6) is -2.58. The van der Waals surface area contributed by atoms with Gasteiger partial charge in [0.25, 0.3) is 6.43 Å². The van der Waals surface area contributed by atoms with E-state index in [0.717, 1.165) is 22.3 Å². The van der Waals surface area contributed by atoms with E-state index in [1.54, 1.807) is 19.0 Å². The van der Waals surface area contributed by atoms with E-state index >= 15 is 0 Å². The summed E-state index contributed by atoms with van der Waals surface area (Å²) < 4.78 is 31.7. The van der Waals surface area contributed by atoms with E-state index in [2.05, 4.69) is 5.32 Å². The van der Waals surface area contributed by atoms with Crippen LogP contribution in [0.5, 0.6) is 0 Å². The SMILES string of the molecule is CN(C)CC(NC(=O)OCC1c2ccccc2-c2ccccc21)C(=O)NC(CC(=O)O)C(F)F. The first-order valence-electron chi connectivity index (χ1n) is 10.7. The molecule has 2 aromatic rings. The fraction of sp³-hybridized carbons (Fsp3) is 0.375. The van der Waals surface area contributed by atoms with Crippen LogP contribution < -0.4 is 10.6 Å². The van der Waals surface area contributed by atoms with Gasteiger partial charge in [0.15, 0.2) is 0 Å². The van der Waals surface area contributed by atoms with Gasteiger partial charge >= 0.3 is 12.1 Å². The van der Waals surface area contributed by atoms with Gasteiger partial charge in [-0.15, -0.1) is 0 Å². The molecule has 2 atom stereocenters. The van der Waals surface area contributed by atoms with Gasteiger partial charge in [0.2, 0.25) is 5.91 Å². The zero-order valence-electron chi connectivity index (χ0n) is 18.8. The third-order valence-electron chi connectivity index (χ3n) is 5.53. The molecule has 2 aromatic carbocycles. The molecule has 2 amide bonds. The predicted octanol–water partition coefficient (Wildman–Crippen LogP) is 2.68. The lowest BCUT2D eigenvalue weighted by Gasteiger charge is -2.24. The molecule has 3 N–H and O–H groups in total. The second-order valence-electron chi connectivity index (χ2n) is 8.33. The highest BCUT2D eigenvalue weighted by Gasteiger charge is 2.32. The summed E-state index contributed by atoms with van der Waals surface area (Å²) in [6, 6.07) is 12.5. The lowest BCUT2D eigenvalue weighted by molar-refractivity contribution is -0.139. The molecule has 1 aliphatic rings. The van der Waals surface area contributed by atoms with E-state index in [4.69, 9.17) is 9.84 Å². The number of likely N-dealkylation sites (N-methyl/N-ethyl adjacent to an activating group) is 1. The number of hydrogen-bond acceptors (Lipinski definition) is 5. The fourth-order valence-corrected chi connectivity index (χ4v) is 4.02. The average molecular weight is 475 g/mol. The standard InChI is InChI=1S/C24H27F2N3O5/c1-29(2)12-20(23(32)27-19(22(25)26)11-21(30)31)28-24(33)34-13-18-16-9-5-3-7-14(16)15-8-4-6-10-17(15)18/h3-10,18-20,22H,11-13H2,1-2H3,(H,27,32)(H,28,33)(H,30,31). The quantitative estimate of drug-likeness (QED) is 0.488. The molecule has 0 saturated carbocycles. The van der Waals surface area contributed by atoms with Gasteiger partial charge in [-0.2, -0.15) is 0 Å². The Morgan fingerprint density at radius 2 is 1.56 bits per heavy atom. The topological polar surface area (TPSA) is 108 Å². The molecule has 0 aromatic heterocycles. The smallest absolute Gasteiger partial charge is 0.407 e. The highest BCUT2D eigenvalue weighted by atomic mass is 19.3. The summed E-state index contributed by atoms with van der Waals surface area (Å²) in [7, 11) is 3.28. The minimum Gasteiger partial charge on any atom is -0.481 e. The summed E-state index contributed by atoms with van der Waals surface area (Å²) in [5.41, 5.74) is 4.17. The van der Waals surface area contributed by atoms with Crippen molar-refractivity contribution in [2.24, 2.45) is 0 Å². The van der Waals surface area contributed by atoms with Crippen molar-refractivity contribution in [1.29, 1.82) is 0 Å². The number of ether oxygens (including phenoxy) is 1. The lowest BCUT2D eigenvalue weighted by atomic mass is 9.98. The highest BCUT2D eigenvalue weighted by molar-refractivity contribution is 5.86. The maximum atomic E-state index is 13.1. The van der Waals surface area contributed by atoms with Gasteiger partial charge < -0.3 is 25.4 Å². The van der Waals surface area contributed by atoms with Crippen LogP contribution in [0.3, 0.4) is 0 Å². The molecule has 0 radical (unpaired) electrons. The Kier molecular flexibility index (Phi) is 8.17. The lowest BCUT2D eigenvalue weighted by Crippen LogP contribution is -2.55. The van der Waals surface area contributed by atoms with Crippen molar-refractivity contribution in [1.82, 2.24) is 15.5 Å². The van der Waals surface area contributed by atoms with E-state index in [1.165, 1.54) is 0 Å². The number of fused-ring (bicyclic) bond motifs is 3. The molecule has 0 saturated heterocycles. The number of nitrogens with one attached hydrogen (secondary N) is 2. The number of rotatable bonds is 10. The van der Waals surface area contributed by atoms with Gasteiger partial charge in [-0.1, -0.05) is 48.5 Å². The first kappa shape index (κ1) is 25.1. The minimum absolute atomic E-state index is 0.000934. The normalized spacial score (nSPS) is 14.3. The molecule has 0 spiro atoms. The molecule has 10 heteroatoms. The summed E-state index contributed by atoms with van der Waals surface area (Å²) in [6.07, 6.45) is -4.89. The highest BCUT2D eigenvalue weighted by Crippen LogP contribution is 2.44. The summed E-state index contributed by atoms with van der Waals surface area (Å²) in [4.78, 5) is 37.5. The summed E-state index contributed by atoms with van der Waals surface area (Å²) >= 11 is 0. The van der Waals surface area contributed by atoms with Crippen LogP contribution in [0.2, 0.25) is 0 Å². The van der Waals surface area contributed by atoms with Crippen LogP contribution in [0.15, 0.2) is 48.5 Å². The zero-order valence-corrected chi connectivity index (χ0v) is 18.8. The first-order chi connectivity index (χ1) is 16.2. The number of benzene rings is 2. The molecule has 0 bridgehead atoms. The first-order valence-corrected chi connectivity index (χ1v) is 10.7.